The Morgan fingerprint density at radius 2 is 1.76 bits per heavy atom. The molecule has 0 N–H and O–H groups in total. The standard InChI is InChI=1S/C19H27NO/c1-18(2,3)16-12-21-17-14-9-10-20(19(4,5)6)11-13(14)7-8-15(16)17/h7-8,12H,9-11H2,1-6H3. The molecule has 114 valence electrons. The lowest BCUT2D eigenvalue weighted by molar-refractivity contribution is 0.121. The lowest BCUT2D eigenvalue weighted by Crippen LogP contribution is -2.44. The fourth-order valence-electron chi connectivity index (χ4n) is 3.30. The molecule has 2 heteroatoms. The van der Waals surface area contributed by atoms with Crippen LogP contribution in [0.3, 0.4) is 0 Å². The van der Waals surface area contributed by atoms with Crippen LogP contribution in [0.15, 0.2) is 22.8 Å². The molecule has 0 radical (unpaired) electrons. The van der Waals surface area contributed by atoms with Crippen LogP contribution in [0.25, 0.3) is 11.0 Å². The molecule has 0 atom stereocenters. The maximum Gasteiger partial charge on any atom is 0.137 e. The minimum Gasteiger partial charge on any atom is -0.464 e. The number of furan rings is 1. The number of fused-ring (bicyclic) bond motifs is 3. The van der Waals surface area contributed by atoms with Crippen molar-refractivity contribution in [2.75, 3.05) is 6.54 Å². The Morgan fingerprint density at radius 3 is 2.38 bits per heavy atom. The molecule has 1 aromatic heterocycles. The van der Waals surface area contributed by atoms with Crippen molar-refractivity contribution >= 4 is 11.0 Å². The molecule has 0 unspecified atom stereocenters. The summed E-state index contributed by atoms with van der Waals surface area (Å²) in [5.41, 5.74) is 5.64. The van der Waals surface area contributed by atoms with Gasteiger partial charge in [0.1, 0.15) is 5.58 Å². The van der Waals surface area contributed by atoms with Gasteiger partial charge in [0.2, 0.25) is 0 Å². The van der Waals surface area contributed by atoms with Gasteiger partial charge in [-0.3, -0.25) is 4.90 Å². The first-order chi connectivity index (χ1) is 9.68. The fraction of sp³-hybridized carbons (Fsp3) is 0.579. The molecule has 2 nitrogen and oxygen atoms in total. The van der Waals surface area contributed by atoms with Crippen LogP contribution < -0.4 is 0 Å². The third kappa shape index (κ3) is 2.50. The number of benzene rings is 1. The topological polar surface area (TPSA) is 16.4 Å². The van der Waals surface area contributed by atoms with Gasteiger partial charge in [-0.05, 0) is 38.2 Å². The summed E-state index contributed by atoms with van der Waals surface area (Å²) in [6, 6.07) is 4.56. The molecule has 0 fully saturated rings. The summed E-state index contributed by atoms with van der Waals surface area (Å²) in [6.45, 7) is 15.8. The summed E-state index contributed by atoms with van der Waals surface area (Å²) in [5.74, 6) is 0. The Bertz CT molecular complexity index is 667. The van der Waals surface area contributed by atoms with Crippen molar-refractivity contribution in [1.29, 1.82) is 0 Å². The molecule has 2 aromatic rings. The molecule has 0 bridgehead atoms. The van der Waals surface area contributed by atoms with Crippen molar-refractivity contribution in [3.05, 3.63) is 35.1 Å². The molecule has 0 aliphatic carbocycles. The second-order valence-electron chi connectivity index (χ2n) is 8.32. The zero-order valence-corrected chi connectivity index (χ0v) is 14.2. The molecule has 1 aromatic carbocycles. The Kier molecular flexibility index (Phi) is 3.21. The monoisotopic (exact) mass is 285 g/mol. The molecule has 0 spiro atoms. The van der Waals surface area contributed by atoms with Crippen LogP contribution in [-0.4, -0.2) is 17.0 Å². The summed E-state index contributed by atoms with van der Waals surface area (Å²) in [7, 11) is 0. The van der Waals surface area contributed by atoms with Crippen LogP contribution in [0, 0.1) is 0 Å². The second-order valence-corrected chi connectivity index (χ2v) is 8.32. The first-order valence-electron chi connectivity index (χ1n) is 7.95. The van der Waals surface area contributed by atoms with E-state index >= 15 is 0 Å². The lowest BCUT2D eigenvalue weighted by Gasteiger charge is -2.39. The van der Waals surface area contributed by atoms with Gasteiger partial charge in [-0.25, -0.2) is 0 Å². The zero-order chi connectivity index (χ0) is 15.4. The molecule has 0 saturated carbocycles. The van der Waals surface area contributed by atoms with Gasteiger partial charge in [0.25, 0.3) is 0 Å². The van der Waals surface area contributed by atoms with Gasteiger partial charge in [-0.15, -0.1) is 0 Å². The van der Waals surface area contributed by atoms with Gasteiger partial charge in [-0.1, -0.05) is 32.9 Å². The van der Waals surface area contributed by atoms with Crippen molar-refractivity contribution in [2.45, 2.75) is 65.5 Å². The van der Waals surface area contributed by atoms with Gasteiger partial charge >= 0.3 is 0 Å². The van der Waals surface area contributed by atoms with Crippen LogP contribution >= 0.6 is 0 Å². The zero-order valence-electron chi connectivity index (χ0n) is 14.2. The van der Waals surface area contributed by atoms with E-state index in [2.05, 4.69) is 58.6 Å². The molecule has 2 heterocycles. The van der Waals surface area contributed by atoms with E-state index in [1.54, 1.807) is 0 Å². The number of rotatable bonds is 0. The van der Waals surface area contributed by atoms with Crippen LogP contribution in [0.1, 0.15) is 58.2 Å². The highest BCUT2D eigenvalue weighted by atomic mass is 16.3. The number of nitrogens with zero attached hydrogens (tertiary/aromatic N) is 1. The maximum atomic E-state index is 5.98. The molecule has 0 amide bonds. The molecule has 21 heavy (non-hydrogen) atoms. The quantitative estimate of drug-likeness (QED) is 0.685. The van der Waals surface area contributed by atoms with E-state index in [0.29, 0.717) is 0 Å². The largest absolute Gasteiger partial charge is 0.464 e. The fourth-order valence-corrected chi connectivity index (χ4v) is 3.30. The van der Waals surface area contributed by atoms with E-state index in [4.69, 9.17) is 4.42 Å². The summed E-state index contributed by atoms with van der Waals surface area (Å²) >= 11 is 0. The van der Waals surface area contributed by atoms with Crippen LogP contribution in [0.2, 0.25) is 0 Å². The molecular weight excluding hydrogens is 258 g/mol. The first-order valence-corrected chi connectivity index (χ1v) is 7.95. The summed E-state index contributed by atoms with van der Waals surface area (Å²) in [4.78, 5) is 2.55. The highest BCUT2D eigenvalue weighted by Gasteiger charge is 2.28. The normalized spacial score (nSPS) is 17.2. The average molecular weight is 285 g/mol. The molecule has 0 saturated heterocycles. The highest BCUT2D eigenvalue weighted by molar-refractivity contribution is 5.86. The van der Waals surface area contributed by atoms with Crippen molar-refractivity contribution in [2.24, 2.45) is 0 Å². The van der Waals surface area contributed by atoms with Crippen LogP contribution in [0.5, 0.6) is 0 Å². The van der Waals surface area contributed by atoms with Gasteiger partial charge in [0.05, 0.1) is 6.26 Å². The van der Waals surface area contributed by atoms with Crippen LogP contribution in [0.4, 0.5) is 0 Å². The Labute approximate surface area is 128 Å². The summed E-state index contributed by atoms with van der Waals surface area (Å²) in [5, 5.41) is 1.30. The van der Waals surface area contributed by atoms with Gasteiger partial charge in [0, 0.05) is 35.1 Å². The second kappa shape index (κ2) is 4.61. The van der Waals surface area contributed by atoms with E-state index in [1.807, 2.05) is 6.26 Å². The third-order valence-corrected chi connectivity index (χ3v) is 4.69. The first kappa shape index (κ1) is 14.6. The van der Waals surface area contributed by atoms with Crippen molar-refractivity contribution < 1.29 is 4.42 Å². The van der Waals surface area contributed by atoms with E-state index in [9.17, 15) is 0 Å². The van der Waals surface area contributed by atoms with E-state index in [-0.39, 0.29) is 11.0 Å². The predicted molar refractivity (Wildman–Crippen MR) is 88.8 cm³/mol. The van der Waals surface area contributed by atoms with E-state index in [1.165, 1.54) is 22.1 Å². The van der Waals surface area contributed by atoms with Crippen molar-refractivity contribution in [3.8, 4) is 0 Å². The van der Waals surface area contributed by atoms with Gasteiger partial charge < -0.3 is 4.42 Å². The smallest absolute Gasteiger partial charge is 0.137 e. The summed E-state index contributed by atoms with van der Waals surface area (Å²) in [6.07, 6.45) is 3.04. The van der Waals surface area contributed by atoms with E-state index < -0.39 is 0 Å². The van der Waals surface area contributed by atoms with Crippen LogP contribution in [-0.2, 0) is 18.4 Å². The Balaban J connectivity index is 2.06. The van der Waals surface area contributed by atoms with Crippen molar-refractivity contribution in [3.63, 3.8) is 0 Å². The Morgan fingerprint density at radius 1 is 1.05 bits per heavy atom. The summed E-state index contributed by atoms with van der Waals surface area (Å²) < 4.78 is 5.98. The predicted octanol–water partition coefficient (Wildman–Crippen LogP) is 4.89. The molecule has 1 aliphatic heterocycles. The Hall–Kier alpha value is -1.28. The number of hydrogen-bond donors (Lipinski definition) is 0. The average Bonchev–Trinajstić information content (AvgIpc) is 2.80. The molecular formula is C19H27NO. The van der Waals surface area contributed by atoms with Crippen molar-refractivity contribution in [1.82, 2.24) is 4.90 Å². The third-order valence-electron chi connectivity index (χ3n) is 4.69. The van der Waals surface area contributed by atoms with Gasteiger partial charge in [-0.2, -0.15) is 0 Å². The van der Waals surface area contributed by atoms with E-state index in [0.717, 1.165) is 25.1 Å². The number of hydrogen-bond acceptors (Lipinski definition) is 2. The minimum atomic E-state index is 0.131. The highest BCUT2D eigenvalue weighted by Crippen LogP contribution is 2.36. The minimum absolute atomic E-state index is 0.131. The maximum absolute atomic E-state index is 5.98. The van der Waals surface area contributed by atoms with Gasteiger partial charge in [0.15, 0.2) is 0 Å². The molecule has 3 rings (SSSR count). The lowest BCUT2D eigenvalue weighted by atomic mass is 9.85. The SMILES string of the molecule is CC(C)(C)c1coc2c3c(ccc12)CN(C(C)(C)C)CC3. The molecule has 1 aliphatic rings.